The largest absolute Gasteiger partial charge is 0.324 e. The molecule has 0 spiro atoms. The van der Waals surface area contributed by atoms with Gasteiger partial charge in [0, 0.05) is 17.4 Å². The summed E-state index contributed by atoms with van der Waals surface area (Å²) in [5.41, 5.74) is 1.33. The number of guanidine groups is 1. The molecule has 3 rings (SSSR count). The molecule has 0 bridgehead atoms. The van der Waals surface area contributed by atoms with E-state index in [-0.39, 0.29) is 10.9 Å². The molecule has 0 aliphatic carbocycles. The fourth-order valence-electron chi connectivity index (χ4n) is 1.89. The van der Waals surface area contributed by atoms with E-state index in [0.29, 0.717) is 17.3 Å². The Hall–Kier alpha value is -2.12. The highest BCUT2D eigenvalue weighted by molar-refractivity contribution is 7.90. The van der Waals surface area contributed by atoms with Crippen molar-refractivity contribution in [1.29, 1.82) is 0 Å². The Kier molecular flexibility index (Phi) is 3.52. The molecule has 6 nitrogen and oxygen atoms in total. The van der Waals surface area contributed by atoms with E-state index < -0.39 is 10.0 Å². The number of sulfonamides is 1. The van der Waals surface area contributed by atoms with Gasteiger partial charge in [0.05, 0.1) is 12.2 Å². The van der Waals surface area contributed by atoms with E-state index in [1.807, 2.05) is 6.07 Å². The molecule has 2 heterocycles. The molecule has 0 saturated heterocycles. The number of aliphatic imine (C=N–C) groups is 1. The lowest BCUT2D eigenvalue weighted by molar-refractivity contribution is 0.591. The SMILES string of the molecule is O=S1(=O)NC(=NCc2cccnc2)Nc2ccc(Cl)cc21. The van der Waals surface area contributed by atoms with E-state index >= 15 is 0 Å². The zero-order chi connectivity index (χ0) is 14.9. The van der Waals surface area contributed by atoms with Crippen molar-refractivity contribution in [3.8, 4) is 0 Å². The van der Waals surface area contributed by atoms with Crippen molar-refractivity contribution in [2.24, 2.45) is 4.99 Å². The molecule has 108 valence electrons. The Labute approximate surface area is 126 Å². The van der Waals surface area contributed by atoms with Crippen LogP contribution in [0, 0.1) is 0 Å². The quantitative estimate of drug-likeness (QED) is 0.885. The number of benzene rings is 1. The van der Waals surface area contributed by atoms with Crippen molar-refractivity contribution in [1.82, 2.24) is 9.71 Å². The van der Waals surface area contributed by atoms with Crippen molar-refractivity contribution < 1.29 is 8.42 Å². The van der Waals surface area contributed by atoms with Gasteiger partial charge in [0.15, 0.2) is 0 Å². The van der Waals surface area contributed by atoms with Crippen LogP contribution < -0.4 is 10.0 Å². The molecule has 0 saturated carbocycles. The molecule has 21 heavy (non-hydrogen) atoms. The number of pyridine rings is 1. The maximum absolute atomic E-state index is 12.1. The number of nitrogens with one attached hydrogen (secondary N) is 2. The molecule has 2 aromatic rings. The third-order valence-corrected chi connectivity index (χ3v) is 4.47. The second kappa shape index (κ2) is 5.34. The molecule has 1 aromatic carbocycles. The first-order chi connectivity index (χ1) is 10.0. The number of anilines is 1. The number of halogens is 1. The van der Waals surface area contributed by atoms with Gasteiger partial charge < -0.3 is 5.32 Å². The van der Waals surface area contributed by atoms with Crippen LogP contribution in [0.15, 0.2) is 52.6 Å². The van der Waals surface area contributed by atoms with E-state index in [1.165, 1.54) is 6.07 Å². The number of rotatable bonds is 2. The molecular weight excluding hydrogens is 312 g/mol. The van der Waals surface area contributed by atoms with Gasteiger partial charge in [-0.3, -0.25) is 4.98 Å². The van der Waals surface area contributed by atoms with Gasteiger partial charge in [0.25, 0.3) is 10.0 Å². The van der Waals surface area contributed by atoms with Crippen LogP contribution in [-0.2, 0) is 16.6 Å². The molecular formula is C13H11ClN4O2S. The lowest BCUT2D eigenvalue weighted by Crippen LogP contribution is -2.40. The van der Waals surface area contributed by atoms with Gasteiger partial charge in [-0.2, -0.15) is 0 Å². The minimum atomic E-state index is -3.66. The first kappa shape index (κ1) is 13.8. The average molecular weight is 323 g/mol. The lowest BCUT2D eigenvalue weighted by Gasteiger charge is -2.21. The lowest BCUT2D eigenvalue weighted by atomic mass is 10.3. The molecule has 8 heteroatoms. The van der Waals surface area contributed by atoms with E-state index in [2.05, 4.69) is 20.0 Å². The summed E-state index contributed by atoms with van der Waals surface area (Å²) in [5.74, 6) is 0.175. The fourth-order valence-corrected chi connectivity index (χ4v) is 3.30. The fraction of sp³-hybridized carbons (Fsp3) is 0.0769. The summed E-state index contributed by atoms with van der Waals surface area (Å²) >= 11 is 5.82. The van der Waals surface area contributed by atoms with Gasteiger partial charge >= 0.3 is 0 Å². The van der Waals surface area contributed by atoms with E-state index in [4.69, 9.17) is 11.6 Å². The van der Waals surface area contributed by atoms with Crippen molar-refractivity contribution in [2.75, 3.05) is 5.32 Å². The van der Waals surface area contributed by atoms with Crippen LogP contribution in [0.3, 0.4) is 0 Å². The summed E-state index contributed by atoms with van der Waals surface area (Å²) in [4.78, 5) is 8.30. The second-order valence-electron chi connectivity index (χ2n) is 4.40. The van der Waals surface area contributed by atoms with Gasteiger partial charge in [-0.25, -0.2) is 18.1 Å². The maximum atomic E-state index is 12.1. The first-order valence-electron chi connectivity index (χ1n) is 6.07. The van der Waals surface area contributed by atoms with Crippen molar-refractivity contribution in [3.63, 3.8) is 0 Å². The van der Waals surface area contributed by atoms with E-state index in [0.717, 1.165) is 5.56 Å². The number of hydrogen-bond acceptors (Lipinski definition) is 4. The Bertz CT molecular complexity index is 806. The topological polar surface area (TPSA) is 83.5 Å². The van der Waals surface area contributed by atoms with Crippen LogP contribution in [0.1, 0.15) is 5.56 Å². The smallest absolute Gasteiger partial charge is 0.266 e. The minimum Gasteiger partial charge on any atom is -0.324 e. The molecule has 2 N–H and O–H groups in total. The van der Waals surface area contributed by atoms with Crippen LogP contribution in [0.2, 0.25) is 5.02 Å². The van der Waals surface area contributed by atoms with E-state index in [1.54, 1.807) is 30.6 Å². The van der Waals surface area contributed by atoms with Gasteiger partial charge in [-0.05, 0) is 29.8 Å². The standard InChI is InChI=1S/C13H11ClN4O2S/c14-10-3-4-11-12(6-10)21(19,20)18-13(17-11)16-8-9-2-1-5-15-7-9/h1-7H,8H2,(H2,16,17,18). The number of nitrogens with zero attached hydrogens (tertiary/aromatic N) is 2. The van der Waals surface area contributed by atoms with Crippen LogP contribution in [0.4, 0.5) is 5.69 Å². The highest BCUT2D eigenvalue weighted by Crippen LogP contribution is 2.27. The van der Waals surface area contributed by atoms with Gasteiger partial charge in [-0.15, -0.1) is 0 Å². The molecule has 0 atom stereocenters. The monoisotopic (exact) mass is 322 g/mol. The summed E-state index contributed by atoms with van der Waals surface area (Å²) in [5, 5.41) is 3.29. The maximum Gasteiger partial charge on any atom is 0.266 e. The van der Waals surface area contributed by atoms with Crippen LogP contribution in [0.5, 0.6) is 0 Å². The summed E-state index contributed by atoms with van der Waals surface area (Å²) in [6, 6.07) is 8.28. The van der Waals surface area contributed by atoms with Crippen LogP contribution in [-0.4, -0.2) is 19.4 Å². The molecule has 1 aliphatic rings. The van der Waals surface area contributed by atoms with Gasteiger partial charge in [0.1, 0.15) is 4.90 Å². The second-order valence-corrected chi connectivity index (χ2v) is 6.48. The molecule has 1 aromatic heterocycles. The Morgan fingerprint density at radius 3 is 2.90 bits per heavy atom. The molecule has 1 aliphatic heterocycles. The number of hydrogen-bond donors (Lipinski definition) is 2. The third kappa shape index (κ3) is 2.98. The Balaban J connectivity index is 1.90. The normalized spacial score (nSPS) is 17.7. The highest BCUT2D eigenvalue weighted by Gasteiger charge is 2.26. The van der Waals surface area contributed by atoms with Gasteiger partial charge in [-0.1, -0.05) is 17.7 Å². The summed E-state index contributed by atoms with van der Waals surface area (Å²) in [6.45, 7) is 0.321. The van der Waals surface area contributed by atoms with E-state index in [9.17, 15) is 8.42 Å². The molecule has 0 unspecified atom stereocenters. The molecule has 0 amide bonds. The first-order valence-corrected chi connectivity index (χ1v) is 7.93. The zero-order valence-corrected chi connectivity index (χ0v) is 12.3. The van der Waals surface area contributed by atoms with Crippen molar-refractivity contribution in [2.45, 2.75) is 11.4 Å². The van der Waals surface area contributed by atoms with Crippen LogP contribution >= 0.6 is 11.6 Å². The predicted octanol–water partition coefficient (Wildman–Crippen LogP) is 1.99. The zero-order valence-electron chi connectivity index (χ0n) is 10.7. The van der Waals surface area contributed by atoms with Crippen LogP contribution in [0.25, 0.3) is 0 Å². The molecule has 0 fully saturated rings. The van der Waals surface area contributed by atoms with Crippen molar-refractivity contribution in [3.05, 3.63) is 53.3 Å². The summed E-state index contributed by atoms with van der Waals surface area (Å²) in [6.07, 6.45) is 3.34. The van der Waals surface area contributed by atoms with Crippen molar-refractivity contribution >= 4 is 33.3 Å². The number of fused-ring (bicyclic) bond motifs is 1. The Morgan fingerprint density at radius 2 is 2.14 bits per heavy atom. The Morgan fingerprint density at radius 1 is 1.29 bits per heavy atom. The third-order valence-electron chi connectivity index (χ3n) is 2.86. The predicted molar refractivity (Wildman–Crippen MR) is 80.8 cm³/mol. The summed E-state index contributed by atoms with van der Waals surface area (Å²) in [7, 11) is -3.66. The summed E-state index contributed by atoms with van der Waals surface area (Å²) < 4.78 is 26.7. The number of aromatic nitrogens is 1. The average Bonchev–Trinajstić information content (AvgIpc) is 2.47. The minimum absolute atomic E-state index is 0.107. The van der Waals surface area contributed by atoms with Gasteiger partial charge in [0.2, 0.25) is 5.96 Å². The highest BCUT2D eigenvalue weighted by atomic mass is 35.5. The molecule has 0 radical (unpaired) electrons.